The maximum Gasteiger partial charge on any atom is 0.162 e. The maximum atomic E-state index is 11.4. The molecule has 88 valence electrons. The Balaban J connectivity index is 2.42. The van der Waals surface area contributed by atoms with Crippen LogP contribution in [-0.2, 0) is 4.74 Å². The van der Waals surface area contributed by atoms with Crippen molar-refractivity contribution < 1.29 is 14.3 Å². The van der Waals surface area contributed by atoms with Crippen LogP contribution in [-0.4, -0.2) is 25.6 Å². The van der Waals surface area contributed by atoms with E-state index in [1.54, 1.807) is 12.1 Å². The Morgan fingerprint density at radius 2 is 1.81 bits per heavy atom. The van der Waals surface area contributed by atoms with Crippen LogP contribution in [0, 0.1) is 0 Å². The Bertz CT molecular complexity index is 316. The minimum absolute atomic E-state index is 0.154. The predicted octanol–water partition coefficient (Wildman–Crippen LogP) is 2.69. The Kier molecular flexibility index (Phi) is 5.57. The average Bonchev–Trinajstić information content (AvgIpc) is 2.34. The van der Waals surface area contributed by atoms with Crippen molar-refractivity contribution in [2.24, 2.45) is 0 Å². The lowest BCUT2D eigenvalue weighted by Crippen LogP contribution is -2.06. The van der Waals surface area contributed by atoms with Crippen LogP contribution in [0.15, 0.2) is 24.3 Å². The highest BCUT2D eigenvalue weighted by molar-refractivity contribution is 5.95. The molecule has 0 spiro atoms. The standard InChI is InChI=1S/C13H18O3/c1-3-13(14)11-5-7-12(8-6-11)16-10-9-15-4-2/h5-8H,3-4,9-10H2,1-2H3. The zero-order valence-electron chi connectivity index (χ0n) is 9.86. The summed E-state index contributed by atoms with van der Waals surface area (Å²) in [4.78, 5) is 11.4. The predicted molar refractivity (Wildman–Crippen MR) is 63.1 cm³/mol. The third-order valence-corrected chi connectivity index (χ3v) is 2.20. The van der Waals surface area contributed by atoms with Gasteiger partial charge in [-0.2, -0.15) is 0 Å². The Hall–Kier alpha value is -1.35. The van der Waals surface area contributed by atoms with Crippen molar-refractivity contribution in [3.8, 4) is 5.75 Å². The molecule has 3 heteroatoms. The third-order valence-electron chi connectivity index (χ3n) is 2.20. The fourth-order valence-corrected chi connectivity index (χ4v) is 1.30. The zero-order valence-corrected chi connectivity index (χ0v) is 9.86. The van der Waals surface area contributed by atoms with Gasteiger partial charge in [0, 0.05) is 18.6 Å². The molecule has 0 aromatic heterocycles. The molecule has 1 rings (SSSR count). The molecule has 0 fully saturated rings. The topological polar surface area (TPSA) is 35.5 Å². The molecule has 0 aliphatic rings. The molecule has 0 N–H and O–H groups in total. The first kappa shape index (κ1) is 12.7. The number of carbonyl (C=O) groups is 1. The van der Waals surface area contributed by atoms with Gasteiger partial charge in [-0.1, -0.05) is 6.92 Å². The summed E-state index contributed by atoms with van der Waals surface area (Å²) in [7, 11) is 0. The SMILES string of the molecule is CCOCCOc1ccc(C(=O)CC)cc1. The molecule has 0 radical (unpaired) electrons. The molecule has 0 aliphatic heterocycles. The van der Waals surface area contributed by atoms with Crippen molar-refractivity contribution in [1.29, 1.82) is 0 Å². The van der Waals surface area contributed by atoms with Gasteiger partial charge in [-0.25, -0.2) is 0 Å². The number of benzene rings is 1. The molecule has 0 saturated carbocycles. The largest absolute Gasteiger partial charge is 0.491 e. The van der Waals surface area contributed by atoms with E-state index in [9.17, 15) is 4.79 Å². The van der Waals surface area contributed by atoms with Crippen molar-refractivity contribution in [2.45, 2.75) is 20.3 Å². The molecule has 0 unspecified atom stereocenters. The molecule has 0 heterocycles. The van der Waals surface area contributed by atoms with Gasteiger partial charge < -0.3 is 9.47 Å². The lowest BCUT2D eigenvalue weighted by molar-refractivity contribution is 0.0987. The van der Waals surface area contributed by atoms with Gasteiger partial charge in [0.05, 0.1) is 6.61 Å². The van der Waals surface area contributed by atoms with Gasteiger partial charge in [0.1, 0.15) is 12.4 Å². The normalized spacial score (nSPS) is 10.1. The monoisotopic (exact) mass is 222 g/mol. The van der Waals surface area contributed by atoms with Crippen molar-refractivity contribution in [3.63, 3.8) is 0 Å². The van der Waals surface area contributed by atoms with E-state index in [-0.39, 0.29) is 5.78 Å². The minimum atomic E-state index is 0.154. The van der Waals surface area contributed by atoms with Crippen molar-refractivity contribution in [1.82, 2.24) is 0 Å². The molecule has 0 amide bonds. The second-order valence-corrected chi connectivity index (χ2v) is 3.35. The Morgan fingerprint density at radius 3 is 2.38 bits per heavy atom. The highest BCUT2D eigenvalue weighted by atomic mass is 16.5. The summed E-state index contributed by atoms with van der Waals surface area (Å²) in [5.74, 6) is 0.924. The average molecular weight is 222 g/mol. The number of ether oxygens (including phenoxy) is 2. The third kappa shape index (κ3) is 4.03. The van der Waals surface area contributed by atoms with E-state index >= 15 is 0 Å². The van der Waals surface area contributed by atoms with Crippen LogP contribution in [0.4, 0.5) is 0 Å². The highest BCUT2D eigenvalue weighted by Crippen LogP contribution is 2.13. The number of hydrogen-bond donors (Lipinski definition) is 0. The van der Waals surface area contributed by atoms with E-state index in [4.69, 9.17) is 9.47 Å². The van der Waals surface area contributed by atoms with Crippen LogP contribution in [0.25, 0.3) is 0 Å². The van der Waals surface area contributed by atoms with Gasteiger partial charge in [0.25, 0.3) is 0 Å². The number of Topliss-reactive ketones (excluding diaryl/α,β-unsaturated/α-hetero) is 1. The summed E-state index contributed by atoms with van der Waals surface area (Å²) in [5, 5.41) is 0. The molecule has 0 atom stereocenters. The van der Waals surface area contributed by atoms with Crippen LogP contribution in [0.5, 0.6) is 5.75 Å². The van der Waals surface area contributed by atoms with E-state index in [0.717, 1.165) is 11.3 Å². The number of carbonyl (C=O) groups excluding carboxylic acids is 1. The van der Waals surface area contributed by atoms with E-state index in [1.165, 1.54) is 0 Å². The fraction of sp³-hybridized carbons (Fsp3) is 0.462. The van der Waals surface area contributed by atoms with Gasteiger partial charge >= 0.3 is 0 Å². The van der Waals surface area contributed by atoms with Crippen LogP contribution in [0.2, 0.25) is 0 Å². The second-order valence-electron chi connectivity index (χ2n) is 3.35. The first-order chi connectivity index (χ1) is 7.77. The van der Waals surface area contributed by atoms with Gasteiger partial charge in [0.2, 0.25) is 0 Å². The van der Waals surface area contributed by atoms with Crippen molar-refractivity contribution in [3.05, 3.63) is 29.8 Å². The highest BCUT2D eigenvalue weighted by Gasteiger charge is 2.02. The molecule has 3 nitrogen and oxygen atoms in total. The van der Waals surface area contributed by atoms with Crippen molar-refractivity contribution in [2.75, 3.05) is 19.8 Å². The first-order valence-corrected chi connectivity index (χ1v) is 5.61. The zero-order chi connectivity index (χ0) is 11.8. The summed E-state index contributed by atoms with van der Waals surface area (Å²) in [5.41, 5.74) is 0.736. The van der Waals surface area contributed by atoms with E-state index in [0.29, 0.717) is 26.2 Å². The van der Waals surface area contributed by atoms with Gasteiger partial charge in [-0.15, -0.1) is 0 Å². The number of hydrogen-bond acceptors (Lipinski definition) is 3. The summed E-state index contributed by atoms with van der Waals surface area (Å²) < 4.78 is 10.6. The smallest absolute Gasteiger partial charge is 0.162 e. The van der Waals surface area contributed by atoms with Gasteiger partial charge in [0.15, 0.2) is 5.78 Å². The summed E-state index contributed by atoms with van der Waals surface area (Å²) in [6.07, 6.45) is 0.532. The minimum Gasteiger partial charge on any atom is -0.491 e. The first-order valence-electron chi connectivity index (χ1n) is 5.61. The van der Waals surface area contributed by atoms with Gasteiger partial charge in [-0.3, -0.25) is 4.79 Å². The lowest BCUT2D eigenvalue weighted by Gasteiger charge is -2.06. The van der Waals surface area contributed by atoms with E-state index in [1.807, 2.05) is 26.0 Å². The summed E-state index contributed by atoms with van der Waals surface area (Å²) >= 11 is 0. The number of rotatable bonds is 7. The van der Waals surface area contributed by atoms with Crippen LogP contribution in [0.1, 0.15) is 30.6 Å². The molecule has 1 aromatic carbocycles. The van der Waals surface area contributed by atoms with Crippen LogP contribution in [0.3, 0.4) is 0 Å². The summed E-state index contributed by atoms with van der Waals surface area (Å²) in [6, 6.07) is 7.22. The maximum absolute atomic E-state index is 11.4. The molecular formula is C13H18O3. The molecule has 0 aliphatic carbocycles. The fourth-order valence-electron chi connectivity index (χ4n) is 1.30. The van der Waals surface area contributed by atoms with Gasteiger partial charge in [-0.05, 0) is 31.2 Å². The van der Waals surface area contributed by atoms with Crippen LogP contribution < -0.4 is 4.74 Å². The lowest BCUT2D eigenvalue weighted by atomic mass is 10.1. The molecule has 0 saturated heterocycles. The summed E-state index contributed by atoms with van der Waals surface area (Å²) in [6.45, 7) is 5.63. The Morgan fingerprint density at radius 1 is 1.12 bits per heavy atom. The van der Waals surface area contributed by atoms with E-state index in [2.05, 4.69) is 0 Å². The molecule has 0 bridgehead atoms. The molecular weight excluding hydrogens is 204 g/mol. The van der Waals surface area contributed by atoms with E-state index < -0.39 is 0 Å². The molecule has 16 heavy (non-hydrogen) atoms. The molecule has 1 aromatic rings. The van der Waals surface area contributed by atoms with Crippen LogP contribution >= 0.6 is 0 Å². The quantitative estimate of drug-likeness (QED) is 0.525. The van der Waals surface area contributed by atoms with Crippen molar-refractivity contribution >= 4 is 5.78 Å². The number of ketones is 1. The Labute approximate surface area is 96.4 Å². The second kappa shape index (κ2) is 7.01.